The van der Waals surface area contributed by atoms with Gasteiger partial charge in [-0.25, -0.2) is 4.98 Å². The molecule has 2 aromatic rings. The second-order valence-corrected chi connectivity index (χ2v) is 7.95. The van der Waals surface area contributed by atoms with Crippen LogP contribution in [0.5, 0.6) is 0 Å². The lowest BCUT2D eigenvalue weighted by molar-refractivity contribution is 0.303. The highest BCUT2D eigenvalue weighted by Crippen LogP contribution is 2.31. The van der Waals surface area contributed by atoms with E-state index < -0.39 is 0 Å². The highest BCUT2D eigenvalue weighted by atomic mass is 35.5. The number of fused-ring (bicyclic) bond motifs is 1. The zero-order valence-electron chi connectivity index (χ0n) is 14.7. The Morgan fingerprint density at radius 1 is 1.16 bits per heavy atom. The van der Waals surface area contributed by atoms with Crippen LogP contribution < -0.4 is 5.32 Å². The van der Waals surface area contributed by atoms with Crippen LogP contribution in [0.15, 0.2) is 18.5 Å². The van der Waals surface area contributed by atoms with Gasteiger partial charge in [0.2, 0.25) is 5.28 Å². The Labute approximate surface area is 153 Å². The quantitative estimate of drug-likeness (QED) is 0.593. The Kier molecular flexibility index (Phi) is 4.93. The van der Waals surface area contributed by atoms with Gasteiger partial charge < -0.3 is 9.88 Å². The molecule has 0 unspecified atom stereocenters. The first-order valence-electron chi connectivity index (χ1n) is 9.48. The van der Waals surface area contributed by atoms with Gasteiger partial charge in [-0.1, -0.05) is 31.4 Å². The molecule has 6 heteroatoms. The molecular formula is C19H26ClN5. The van der Waals surface area contributed by atoms with Crippen LogP contribution in [0.2, 0.25) is 5.28 Å². The van der Waals surface area contributed by atoms with Crippen LogP contribution in [0.25, 0.3) is 11.2 Å². The van der Waals surface area contributed by atoms with Crippen LogP contribution in [0.1, 0.15) is 51.4 Å². The highest BCUT2D eigenvalue weighted by molar-refractivity contribution is 6.28. The topological polar surface area (TPSA) is 55.6 Å². The number of nitrogens with one attached hydrogen (secondary N) is 1. The lowest BCUT2D eigenvalue weighted by atomic mass is 9.83. The maximum Gasteiger partial charge on any atom is 0.226 e. The summed E-state index contributed by atoms with van der Waals surface area (Å²) in [5.74, 6) is 2.37. The van der Waals surface area contributed by atoms with Crippen molar-refractivity contribution in [3.63, 3.8) is 0 Å². The van der Waals surface area contributed by atoms with E-state index in [-0.39, 0.29) is 5.28 Å². The van der Waals surface area contributed by atoms with Crippen molar-refractivity contribution in [2.75, 3.05) is 11.9 Å². The monoisotopic (exact) mass is 359 g/mol. The molecule has 0 atom stereocenters. The third kappa shape index (κ3) is 3.81. The summed E-state index contributed by atoms with van der Waals surface area (Å²) in [6.45, 7) is 6.01. The van der Waals surface area contributed by atoms with Crippen molar-refractivity contribution >= 4 is 28.6 Å². The molecule has 2 heterocycles. The van der Waals surface area contributed by atoms with E-state index in [1.165, 1.54) is 44.1 Å². The lowest BCUT2D eigenvalue weighted by Crippen LogP contribution is -2.17. The van der Waals surface area contributed by atoms with Crippen LogP contribution >= 0.6 is 11.6 Å². The first-order chi connectivity index (χ1) is 12.2. The van der Waals surface area contributed by atoms with Crippen LogP contribution in [-0.2, 0) is 6.54 Å². The Morgan fingerprint density at radius 3 is 2.68 bits per heavy atom. The van der Waals surface area contributed by atoms with Gasteiger partial charge in [0.1, 0.15) is 5.52 Å². The Morgan fingerprint density at radius 2 is 1.96 bits per heavy atom. The van der Waals surface area contributed by atoms with Gasteiger partial charge in [-0.2, -0.15) is 9.97 Å². The Hall–Kier alpha value is -1.62. The average molecular weight is 360 g/mol. The maximum atomic E-state index is 6.10. The predicted octanol–water partition coefficient (Wildman–Crippen LogP) is 4.83. The summed E-state index contributed by atoms with van der Waals surface area (Å²) in [5, 5.41) is 3.75. The normalized spacial score (nSPS) is 19.3. The van der Waals surface area contributed by atoms with Crippen LogP contribution in [0.4, 0.5) is 5.82 Å². The van der Waals surface area contributed by atoms with Gasteiger partial charge in [-0.15, -0.1) is 0 Å². The van der Waals surface area contributed by atoms with Crippen molar-refractivity contribution in [1.29, 1.82) is 0 Å². The molecule has 2 saturated carbocycles. The molecule has 0 bridgehead atoms. The minimum Gasteiger partial charge on any atom is -0.368 e. The molecule has 4 rings (SSSR count). The Bertz CT molecular complexity index is 755. The van der Waals surface area contributed by atoms with E-state index in [9.17, 15) is 0 Å². The zero-order valence-corrected chi connectivity index (χ0v) is 15.4. The summed E-state index contributed by atoms with van der Waals surface area (Å²) < 4.78 is 2.20. The standard InChI is InChI=1S/C19H26ClN5/c1-13-5-7-15(8-6-13)11-25-12-22-18-16(25)17(23-19(20)24-18)21-10-9-14-3-2-4-14/h12,14-15H,1-11H2,(H,21,23,24). The van der Waals surface area contributed by atoms with Gasteiger partial charge in [0.05, 0.1) is 6.33 Å². The van der Waals surface area contributed by atoms with Gasteiger partial charge in [-0.3, -0.25) is 0 Å². The van der Waals surface area contributed by atoms with Gasteiger partial charge in [0.25, 0.3) is 0 Å². The van der Waals surface area contributed by atoms with Gasteiger partial charge >= 0.3 is 0 Å². The number of rotatable bonds is 6. The number of allylic oxidation sites excluding steroid dienone is 1. The summed E-state index contributed by atoms with van der Waals surface area (Å²) in [4.78, 5) is 13.2. The molecule has 2 aliphatic carbocycles. The zero-order chi connectivity index (χ0) is 17.2. The predicted molar refractivity (Wildman–Crippen MR) is 102 cm³/mol. The van der Waals surface area contributed by atoms with E-state index in [2.05, 4.69) is 31.4 Å². The summed E-state index contributed by atoms with van der Waals surface area (Å²) in [7, 11) is 0. The number of aromatic nitrogens is 4. The molecule has 2 fully saturated rings. The first kappa shape index (κ1) is 16.8. The molecule has 0 aromatic carbocycles. The summed E-state index contributed by atoms with van der Waals surface area (Å²) >= 11 is 6.10. The smallest absolute Gasteiger partial charge is 0.226 e. The van der Waals surface area contributed by atoms with E-state index in [0.29, 0.717) is 11.6 Å². The molecule has 0 aliphatic heterocycles. The van der Waals surface area contributed by atoms with Crippen LogP contribution in [0, 0.1) is 11.8 Å². The minimum absolute atomic E-state index is 0.262. The molecule has 0 radical (unpaired) electrons. The largest absolute Gasteiger partial charge is 0.368 e. The van der Waals surface area contributed by atoms with Gasteiger partial charge in [0.15, 0.2) is 11.5 Å². The molecular weight excluding hydrogens is 334 g/mol. The van der Waals surface area contributed by atoms with Crippen molar-refractivity contribution in [2.24, 2.45) is 11.8 Å². The first-order valence-corrected chi connectivity index (χ1v) is 9.85. The number of imidazole rings is 1. The number of hydrogen-bond donors (Lipinski definition) is 1. The summed E-state index contributed by atoms with van der Waals surface area (Å²) in [6, 6.07) is 0. The number of anilines is 1. The molecule has 2 aromatic heterocycles. The highest BCUT2D eigenvalue weighted by Gasteiger charge is 2.20. The lowest BCUT2D eigenvalue weighted by Gasteiger charge is -2.25. The molecule has 25 heavy (non-hydrogen) atoms. The summed E-state index contributed by atoms with van der Waals surface area (Å²) in [6.07, 6.45) is 11.9. The molecule has 2 aliphatic rings. The van der Waals surface area contributed by atoms with Crippen molar-refractivity contribution < 1.29 is 0 Å². The van der Waals surface area contributed by atoms with Crippen LogP contribution in [-0.4, -0.2) is 26.1 Å². The molecule has 0 amide bonds. The van der Waals surface area contributed by atoms with E-state index in [1.807, 2.05) is 6.33 Å². The third-order valence-corrected chi connectivity index (χ3v) is 5.95. The van der Waals surface area contributed by atoms with E-state index in [0.717, 1.165) is 43.2 Å². The number of hydrogen-bond acceptors (Lipinski definition) is 4. The van der Waals surface area contributed by atoms with Crippen molar-refractivity contribution in [2.45, 2.75) is 57.9 Å². The fraction of sp³-hybridized carbons (Fsp3) is 0.632. The average Bonchev–Trinajstić information content (AvgIpc) is 2.94. The van der Waals surface area contributed by atoms with E-state index >= 15 is 0 Å². The van der Waals surface area contributed by atoms with Crippen LogP contribution in [0.3, 0.4) is 0 Å². The van der Waals surface area contributed by atoms with Gasteiger partial charge in [0, 0.05) is 13.1 Å². The van der Waals surface area contributed by atoms with E-state index in [4.69, 9.17) is 11.6 Å². The van der Waals surface area contributed by atoms with Gasteiger partial charge in [-0.05, 0) is 55.5 Å². The molecule has 0 spiro atoms. The third-order valence-electron chi connectivity index (χ3n) is 5.78. The van der Waals surface area contributed by atoms with Crippen molar-refractivity contribution in [3.8, 4) is 0 Å². The Balaban J connectivity index is 1.51. The molecule has 134 valence electrons. The van der Waals surface area contributed by atoms with Crippen molar-refractivity contribution in [3.05, 3.63) is 23.8 Å². The molecule has 0 saturated heterocycles. The van der Waals surface area contributed by atoms with E-state index in [1.54, 1.807) is 0 Å². The second-order valence-electron chi connectivity index (χ2n) is 7.62. The maximum absolute atomic E-state index is 6.10. The fourth-order valence-electron chi connectivity index (χ4n) is 3.94. The molecule has 1 N–H and O–H groups in total. The summed E-state index contributed by atoms with van der Waals surface area (Å²) in [5.41, 5.74) is 3.06. The molecule has 5 nitrogen and oxygen atoms in total. The number of nitrogens with zero attached hydrogens (tertiary/aromatic N) is 4. The minimum atomic E-state index is 0.262. The SMILES string of the molecule is C=C1CCC(Cn2cnc3nc(Cl)nc(NCCC4CCC4)c32)CC1. The van der Waals surface area contributed by atoms with Crippen molar-refractivity contribution in [1.82, 2.24) is 19.5 Å². The number of halogens is 1. The second kappa shape index (κ2) is 7.32. The fourth-order valence-corrected chi connectivity index (χ4v) is 4.10.